The lowest BCUT2D eigenvalue weighted by molar-refractivity contribution is -0.130. The molecule has 8 nitrogen and oxygen atoms in total. The lowest BCUT2D eigenvalue weighted by atomic mass is 9.99. The minimum absolute atomic E-state index is 0.00443. The molecule has 34 heavy (non-hydrogen) atoms. The molecule has 2 aromatic rings. The molecule has 3 heterocycles. The zero-order valence-corrected chi connectivity index (χ0v) is 20.0. The van der Waals surface area contributed by atoms with Crippen molar-refractivity contribution in [2.24, 2.45) is 0 Å². The highest BCUT2D eigenvalue weighted by molar-refractivity contribution is 6.42. The Morgan fingerprint density at radius 1 is 1.32 bits per heavy atom. The van der Waals surface area contributed by atoms with Gasteiger partial charge in [-0.1, -0.05) is 23.2 Å². The molecule has 2 fully saturated rings. The molecular weight excluding hydrogens is 484 g/mol. The van der Waals surface area contributed by atoms with Gasteiger partial charge in [-0.05, 0) is 37.6 Å². The van der Waals surface area contributed by atoms with E-state index in [-0.39, 0.29) is 39.8 Å². The summed E-state index contributed by atoms with van der Waals surface area (Å²) in [5.74, 6) is 0.423. The summed E-state index contributed by atoms with van der Waals surface area (Å²) in [6.07, 6.45) is 5.24. The van der Waals surface area contributed by atoms with Crippen LogP contribution in [0.5, 0.6) is 0 Å². The second-order valence-corrected chi connectivity index (χ2v) is 9.35. The highest BCUT2D eigenvalue weighted by atomic mass is 35.5. The molecule has 1 aliphatic carbocycles. The molecule has 1 amide bonds. The summed E-state index contributed by atoms with van der Waals surface area (Å²) >= 11 is 11.8. The minimum atomic E-state index is -0.663. The van der Waals surface area contributed by atoms with E-state index in [1.165, 1.54) is 18.5 Å². The Kier molecular flexibility index (Phi) is 6.61. The Hall–Kier alpha value is -2.46. The minimum Gasteiger partial charge on any atom is -0.498 e. The molecule has 1 aromatic heterocycles. The fraction of sp³-hybridized carbons (Fsp3) is 0.435. The fourth-order valence-electron chi connectivity index (χ4n) is 4.73. The molecule has 3 aliphatic rings. The number of rotatable bonds is 6. The summed E-state index contributed by atoms with van der Waals surface area (Å²) in [5.41, 5.74) is 1.56. The van der Waals surface area contributed by atoms with Gasteiger partial charge in [0.15, 0.2) is 5.82 Å². The first kappa shape index (κ1) is 23.3. The molecule has 2 N–H and O–H groups in total. The Morgan fingerprint density at radius 2 is 2.18 bits per heavy atom. The van der Waals surface area contributed by atoms with Crippen molar-refractivity contribution in [2.45, 2.75) is 37.5 Å². The number of aromatic nitrogens is 2. The summed E-state index contributed by atoms with van der Waals surface area (Å²) in [6, 6.07) is 2.92. The number of hydrogen-bond donors (Lipinski definition) is 2. The molecule has 3 atom stereocenters. The summed E-state index contributed by atoms with van der Waals surface area (Å²) in [5, 5.41) is 6.02. The zero-order valence-electron chi connectivity index (χ0n) is 18.5. The van der Waals surface area contributed by atoms with Crippen LogP contribution < -0.4 is 10.6 Å². The zero-order chi connectivity index (χ0) is 23.8. The summed E-state index contributed by atoms with van der Waals surface area (Å²) in [7, 11) is 1.57. The third-order valence-electron chi connectivity index (χ3n) is 6.44. The van der Waals surface area contributed by atoms with E-state index in [1.807, 2.05) is 0 Å². The van der Waals surface area contributed by atoms with Gasteiger partial charge in [0.25, 0.3) is 0 Å². The van der Waals surface area contributed by atoms with Gasteiger partial charge in [0.2, 0.25) is 5.91 Å². The molecule has 0 radical (unpaired) electrons. The Balaban J connectivity index is 1.31. The topological polar surface area (TPSA) is 88.6 Å². The third-order valence-corrected chi connectivity index (χ3v) is 7.22. The van der Waals surface area contributed by atoms with Crippen LogP contribution in [-0.4, -0.2) is 65.8 Å². The van der Waals surface area contributed by atoms with Crippen LogP contribution in [0.25, 0.3) is 6.08 Å². The highest BCUT2D eigenvalue weighted by Crippen LogP contribution is 2.34. The van der Waals surface area contributed by atoms with E-state index in [4.69, 9.17) is 32.7 Å². The average Bonchev–Trinajstić information content (AvgIpc) is 3.32. The first-order chi connectivity index (χ1) is 16.4. The molecule has 0 spiro atoms. The van der Waals surface area contributed by atoms with Gasteiger partial charge in [-0.3, -0.25) is 9.69 Å². The van der Waals surface area contributed by atoms with Crippen LogP contribution in [-0.2, 0) is 20.7 Å². The van der Waals surface area contributed by atoms with Gasteiger partial charge in [-0.25, -0.2) is 14.4 Å². The quantitative estimate of drug-likeness (QED) is 0.577. The molecular formula is C23H24Cl2FN5O3. The number of nitrogens with zero attached hydrogens (tertiary/aromatic N) is 3. The molecule has 2 aliphatic heterocycles. The van der Waals surface area contributed by atoms with Gasteiger partial charge in [-0.2, -0.15) is 0 Å². The van der Waals surface area contributed by atoms with Crippen molar-refractivity contribution in [3.8, 4) is 0 Å². The van der Waals surface area contributed by atoms with E-state index in [2.05, 4.69) is 25.5 Å². The number of ether oxygens (including phenoxy) is 2. The highest BCUT2D eigenvalue weighted by Gasteiger charge is 2.38. The van der Waals surface area contributed by atoms with E-state index >= 15 is 0 Å². The lowest BCUT2D eigenvalue weighted by Crippen LogP contribution is -2.59. The number of carbonyl (C=O) groups excluding carboxylic acids is 1. The van der Waals surface area contributed by atoms with Crippen LogP contribution in [0.4, 0.5) is 15.9 Å². The van der Waals surface area contributed by atoms with Gasteiger partial charge >= 0.3 is 0 Å². The summed E-state index contributed by atoms with van der Waals surface area (Å²) in [4.78, 5) is 23.3. The van der Waals surface area contributed by atoms with Gasteiger partial charge < -0.3 is 20.1 Å². The van der Waals surface area contributed by atoms with E-state index in [9.17, 15) is 9.18 Å². The second kappa shape index (κ2) is 9.65. The largest absolute Gasteiger partial charge is 0.498 e. The first-order valence-corrected chi connectivity index (χ1v) is 11.9. The number of carbonyl (C=O) groups is 1. The number of methoxy groups -OCH3 is 1. The molecule has 2 saturated heterocycles. The second-order valence-electron chi connectivity index (χ2n) is 8.57. The van der Waals surface area contributed by atoms with Crippen molar-refractivity contribution in [1.29, 1.82) is 0 Å². The summed E-state index contributed by atoms with van der Waals surface area (Å²) < 4.78 is 26.3. The maximum atomic E-state index is 14.6. The van der Waals surface area contributed by atoms with Gasteiger partial charge in [-0.15, -0.1) is 0 Å². The number of anilines is 2. The monoisotopic (exact) mass is 507 g/mol. The van der Waals surface area contributed by atoms with Crippen LogP contribution >= 0.6 is 23.2 Å². The van der Waals surface area contributed by atoms with Gasteiger partial charge in [0.05, 0.1) is 47.2 Å². The Bertz CT molecular complexity index is 1150. The third kappa shape index (κ3) is 4.45. The van der Waals surface area contributed by atoms with Crippen molar-refractivity contribution in [2.75, 3.05) is 32.1 Å². The van der Waals surface area contributed by atoms with Crippen molar-refractivity contribution in [3.63, 3.8) is 0 Å². The molecule has 0 saturated carbocycles. The van der Waals surface area contributed by atoms with Crippen molar-refractivity contribution in [3.05, 3.63) is 51.3 Å². The smallest absolute Gasteiger partial charge is 0.237 e. The van der Waals surface area contributed by atoms with Gasteiger partial charge in [0.1, 0.15) is 24.0 Å². The maximum Gasteiger partial charge on any atom is 0.237 e. The number of benzene rings is 1. The van der Waals surface area contributed by atoms with Crippen LogP contribution in [0.2, 0.25) is 10.0 Å². The Morgan fingerprint density at radius 3 is 3.00 bits per heavy atom. The number of halogens is 3. The molecule has 180 valence electrons. The fourth-order valence-corrected chi connectivity index (χ4v) is 5.04. The number of hydrogen-bond acceptors (Lipinski definition) is 7. The molecule has 11 heteroatoms. The van der Waals surface area contributed by atoms with Crippen molar-refractivity contribution < 1.29 is 18.7 Å². The average molecular weight is 508 g/mol. The van der Waals surface area contributed by atoms with Crippen LogP contribution in [0.15, 0.2) is 24.2 Å². The number of piperazine rings is 1. The van der Waals surface area contributed by atoms with E-state index in [1.54, 1.807) is 13.2 Å². The Labute approximate surface area is 206 Å². The van der Waals surface area contributed by atoms with E-state index < -0.39 is 5.82 Å². The lowest BCUT2D eigenvalue weighted by Gasteiger charge is -2.36. The molecule has 1 unspecified atom stereocenters. The SMILES string of the molecule is COC1=Cc2c(ncnc2Nc2ccc(Cl)c(Cl)c2F)CC1OC[C@@H]1CN2CCC[C@@H]2C(=O)N1. The van der Waals surface area contributed by atoms with Gasteiger partial charge in [0, 0.05) is 18.5 Å². The molecule has 0 bridgehead atoms. The predicted octanol–water partition coefficient (Wildman–Crippen LogP) is 3.56. The van der Waals surface area contributed by atoms with Crippen LogP contribution in [0, 0.1) is 5.82 Å². The maximum absolute atomic E-state index is 14.6. The number of amides is 1. The van der Waals surface area contributed by atoms with Crippen LogP contribution in [0.1, 0.15) is 24.1 Å². The molecule has 1 aromatic carbocycles. The van der Waals surface area contributed by atoms with Crippen molar-refractivity contribution in [1.82, 2.24) is 20.2 Å². The summed E-state index contributed by atoms with van der Waals surface area (Å²) in [6.45, 7) is 2.08. The predicted molar refractivity (Wildman–Crippen MR) is 127 cm³/mol. The normalized spacial score (nSPS) is 24.2. The molecule has 5 rings (SSSR count). The van der Waals surface area contributed by atoms with E-state index in [0.29, 0.717) is 30.2 Å². The van der Waals surface area contributed by atoms with Crippen LogP contribution in [0.3, 0.4) is 0 Å². The van der Waals surface area contributed by atoms with E-state index in [0.717, 1.165) is 31.6 Å². The first-order valence-electron chi connectivity index (χ1n) is 11.1. The standard InChI is InChI=1S/C23H24Cl2FN5O3/c1-33-18-7-13-16(27-11-28-22(13)30-15-5-4-14(24)20(25)21(15)26)8-19(18)34-10-12-9-31-6-2-3-17(31)23(32)29-12/h4-5,7,11-12,17,19H,2-3,6,8-10H2,1H3,(H,29,32)(H,27,28,30)/t12-,17+,19?/m0/s1. The van der Waals surface area contributed by atoms with Crippen molar-refractivity contribution >= 4 is 46.7 Å². The number of fused-ring (bicyclic) bond motifs is 2. The number of nitrogens with one attached hydrogen (secondary N) is 2.